The van der Waals surface area contributed by atoms with Crippen LogP contribution in [0.4, 0.5) is 0 Å². The third kappa shape index (κ3) is 2.62. The Morgan fingerprint density at radius 1 is 0.850 bits per heavy atom. The SMILES string of the molecule is [2H]C([2H])([2H])C([2H])([2H])c1ccc(-c2ccc(-c3ccccc3)nc2)cc1. The van der Waals surface area contributed by atoms with Crippen molar-refractivity contribution in [1.29, 1.82) is 0 Å². The third-order valence-electron chi connectivity index (χ3n) is 3.20. The van der Waals surface area contributed by atoms with Gasteiger partial charge in [-0.25, -0.2) is 0 Å². The van der Waals surface area contributed by atoms with Crippen molar-refractivity contribution < 1.29 is 6.85 Å². The molecule has 1 heteroatoms. The molecule has 1 heterocycles. The van der Waals surface area contributed by atoms with Crippen molar-refractivity contribution >= 4 is 0 Å². The molecule has 0 aliphatic rings. The van der Waals surface area contributed by atoms with Crippen LogP contribution in [0.25, 0.3) is 22.4 Å². The first-order valence-electron chi connectivity index (χ1n) is 8.91. The maximum Gasteiger partial charge on any atom is 0.0702 e. The number of aromatic nitrogens is 1. The molecule has 1 aromatic heterocycles. The standard InChI is InChI=1S/C19H17N/c1-2-15-8-10-16(11-9-15)18-12-13-19(20-14-18)17-6-4-3-5-7-17/h3-14H,2H2,1H3/i1D3,2D2. The maximum atomic E-state index is 7.81. The summed E-state index contributed by atoms with van der Waals surface area (Å²) in [4.78, 5) is 4.47. The molecular formula is C19H17N. The van der Waals surface area contributed by atoms with Crippen molar-refractivity contribution in [3.8, 4) is 22.4 Å². The molecule has 0 saturated heterocycles. The van der Waals surface area contributed by atoms with Gasteiger partial charge in [-0.05, 0) is 23.6 Å². The number of hydrogen-bond donors (Lipinski definition) is 0. The molecule has 20 heavy (non-hydrogen) atoms. The Morgan fingerprint density at radius 3 is 2.25 bits per heavy atom. The minimum Gasteiger partial charge on any atom is -0.256 e. The van der Waals surface area contributed by atoms with Crippen molar-refractivity contribution in [3.05, 3.63) is 78.5 Å². The monoisotopic (exact) mass is 264 g/mol. The summed E-state index contributed by atoms with van der Waals surface area (Å²) in [5.74, 6) is 0. The highest BCUT2D eigenvalue weighted by Gasteiger charge is 2.01. The van der Waals surface area contributed by atoms with E-state index in [-0.39, 0.29) is 5.56 Å². The molecule has 0 amide bonds. The van der Waals surface area contributed by atoms with Gasteiger partial charge in [0.2, 0.25) is 0 Å². The van der Waals surface area contributed by atoms with Crippen LogP contribution < -0.4 is 0 Å². The summed E-state index contributed by atoms with van der Waals surface area (Å²) in [7, 11) is 0. The number of rotatable bonds is 3. The van der Waals surface area contributed by atoms with Gasteiger partial charge in [0.25, 0.3) is 0 Å². The van der Waals surface area contributed by atoms with Gasteiger partial charge in [0, 0.05) is 24.2 Å². The van der Waals surface area contributed by atoms with Crippen molar-refractivity contribution in [2.75, 3.05) is 0 Å². The molecule has 0 aliphatic heterocycles. The van der Waals surface area contributed by atoms with Crippen LogP contribution >= 0.6 is 0 Å². The second-order valence-electron chi connectivity index (χ2n) is 4.50. The Bertz CT molecular complexity index is 838. The van der Waals surface area contributed by atoms with E-state index in [2.05, 4.69) is 4.98 Å². The van der Waals surface area contributed by atoms with Gasteiger partial charge in [0.1, 0.15) is 0 Å². The molecule has 3 rings (SSSR count). The molecule has 0 bridgehead atoms. The summed E-state index contributed by atoms with van der Waals surface area (Å²) in [5.41, 5.74) is 3.80. The summed E-state index contributed by atoms with van der Waals surface area (Å²) >= 11 is 0. The lowest BCUT2D eigenvalue weighted by atomic mass is 10.0. The van der Waals surface area contributed by atoms with E-state index in [1.165, 1.54) is 12.1 Å². The maximum absolute atomic E-state index is 7.81. The number of benzene rings is 2. The van der Waals surface area contributed by atoms with E-state index in [1.807, 2.05) is 42.5 Å². The molecule has 0 aliphatic carbocycles. The lowest BCUT2D eigenvalue weighted by Gasteiger charge is -2.05. The fourth-order valence-electron chi connectivity index (χ4n) is 2.09. The lowest BCUT2D eigenvalue weighted by Crippen LogP contribution is -1.85. The van der Waals surface area contributed by atoms with Crippen LogP contribution in [0, 0.1) is 0 Å². The molecule has 0 unspecified atom stereocenters. The van der Waals surface area contributed by atoms with Gasteiger partial charge >= 0.3 is 0 Å². The van der Waals surface area contributed by atoms with E-state index < -0.39 is 13.2 Å². The van der Waals surface area contributed by atoms with Crippen LogP contribution in [0.15, 0.2) is 72.9 Å². The van der Waals surface area contributed by atoms with E-state index in [1.54, 1.807) is 18.3 Å². The normalized spacial score (nSPS) is 15.5. The van der Waals surface area contributed by atoms with Crippen LogP contribution in [0.2, 0.25) is 0 Å². The molecule has 1 nitrogen and oxygen atoms in total. The number of pyridine rings is 1. The van der Waals surface area contributed by atoms with Crippen molar-refractivity contribution in [1.82, 2.24) is 4.98 Å². The fourth-order valence-corrected chi connectivity index (χ4v) is 2.09. The highest BCUT2D eigenvalue weighted by atomic mass is 14.7. The van der Waals surface area contributed by atoms with E-state index in [9.17, 15) is 0 Å². The Balaban J connectivity index is 1.86. The third-order valence-corrected chi connectivity index (χ3v) is 3.20. The molecular weight excluding hydrogens is 242 g/mol. The van der Waals surface area contributed by atoms with Gasteiger partial charge < -0.3 is 0 Å². The molecule has 2 aromatic carbocycles. The minimum absolute atomic E-state index is 0.144. The molecule has 98 valence electrons. The zero-order valence-corrected chi connectivity index (χ0v) is 10.9. The largest absolute Gasteiger partial charge is 0.256 e. The Labute approximate surface area is 127 Å². The Hall–Kier alpha value is -2.41. The second-order valence-corrected chi connectivity index (χ2v) is 4.50. The first-order chi connectivity index (χ1) is 11.8. The van der Waals surface area contributed by atoms with Crippen molar-refractivity contribution in [2.45, 2.75) is 13.2 Å². The van der Waals surface area contributed by atoms with Crippen molar-refractivity contribution in [3.63, 3.8) is 0 Å². The zero-order valence-electron chi connectivity index (χ0n) is 15.9. The molecule has 0 atom stereocenters. The first kappa shape index (κ1) is 8.01. The number of aryl methyl sites for hydroxylation is 1. The summed E-state index contributed by atoms with van der Waals surface area (Å²) in [6.45, 7) is -2.70. The smallest absolute Gasteiger partial charge is 0.0702 e. The van der Waals surface area contributed by atoms with Crippen molar-refractivity contribution in [2.24, 2.45) is 0 Å². The summed E-state index contributed by atoms with van der Waals surface area (Å²) in [6, 6.07) is 20.2. The summed E-state index contributed by atoms with van der Waals surface area (Å²) in [5, 5.41) is 0. The zero-order chi connectivity index (χ0) is 18.1. The van der Waals surface area contributed by atoms with Crippen LogP contribution in [0.1, 0.15) is 19.3 Å². The number of nitrogens with zero attached hydrogens (tertiary/aromatic N) is 1. The Morgan fingerprint density at radius 2 is 1.60 bits per heavy atom. The summed E-state index contributed by atoms with van der Waals surface area (Å²) in [6.07, 6.45) is -0.614. The van der Waals surface area contributed by atoms with E-state index in [0.29, 0.717) is 0 Å². The van der Waals surface area contributed by atoms with Crippen LogP contribution in [-0.4, -0.2) is 4.98 Å². The molecule has 0 N–H and O–H groups in total. The fraction of sp³-hybridized carbons (Fsp3) is 0.105. The molecule has 0 radical (unpaired) electrons. The highest BCUT2D eigenvalue weighted by Crippen LogP contribution is 2.22. The van der Waals surface area contributed by atoms with Crippen LogP contribution in [0.5, 0.6) is 0 Å². The van der Waals surface area contributed by atoms with Gasteiger partial charge in [-0.3, -0.25) is 4.98 Å². The minimum atomic E-state index is -2.70. The Kier molecular flexibility index (Phi) is 2.28. The van der Waals surface area contributed by atoms with Gasteiger partial charge in [0.05, 0.1) is 5.69 Å². The van der Waals surface area contributed by atoms with E-state index in [4.69, 9.17) is 6.85 Å². The molecule has 0 fully saturated rings. The van der Waals surface area contributed by atoms with Gasteiger partial charge in [-0.2, -0.15) is 0 Å². The predicted octanol–water partition coefficient (Wildman–Crippen LogP) is 4.98. The quantitative estimate of drug-likeness (QED) is 0.650. The van der Waals surface area contributed by atoms with Gasteiger partial charge in [-0.15, -0.1) is 0 Å². The van der Waals surface area contributed by atoms with E-state index >= 15 is 0 Å². The topological polar surface area (TPSA) is 12.9 Å². The predicted molar refractivity (Wildman–Crippen MR) is 84.5 cm³/mol. The average molecular weight is 264 g/mol. The first-order valence-corrected chi connectivity index (χ1v) is 6.41. The number of hydrogen-bond acceptors (Lipinski definition) is 1. The van der Waals surface area contributed by atoms with Gasteiger partial charge in [0.15, 0.2) is 0 Å². The van der Waals surface area contributed by atoms with Gasteiger partial charge in [-0.1, -0.05) is 67.5 Å². The lowest BCUT2D eigenvalue weighted by molar-refractivity contribution is 1.14. The van der Waals surface area contributed by atoms with Crippen LogP contribution in [0.3, 0.4) is 0 Å². The molecule has 3 aromatic rings. The van der Waals surface area contributed by atoms with E-state index in [0.717, 1.165) is 22.4 Å². The molecule has 0 spiro atoms. The highest BCUT2D eigenvalue weighted by molar-refractivity contribution is 5.66. The second kappa shape index (κ2) is 5.70. The average Bonchev–Trinajstić information content (AvgIpc) is 2.62. The van der Waals surface area contributed by atoms with Crippen LogP contribution in [-0.2, 0) is 6.37 Å². The summed E-state index contributed by atoms with van der Waals surface area (Å²) < 4.78 is 37.6. The molecule has 0 saturated carbocycles.